The maximum Gasteiger partial charge on any atom is 0.146 e. The molecule has 0 spiro atoms. The quantitative estimate of drug-likeness (QED) is 0.691. The molecule has 0 bridgehead atoms. The fourth-order valence-corrected chi connectivity index (χ4v) is 1.92. The highest BCUT2D eigenvalue weighted by atomic mass is 16.3. The lowest BCUT2D eigenvalue weighted by Crippen LogP contribution is -2.29. The van der Waals surface area contributed by atoms with E-state index < -0.39 is 0 Å². The third-order valence-corrected chi connectivity index (χ3v) is 2.93. The van der Waals surface area contributed by atoms with Crippen LogP contribution in [0.2, 0.25) is 0 Å². The minimum atomic E-state index is 0.111. The van der Waals surface area contributed by atoms with Crippen LogP contribution in [-0.2, 0) is 13.6 Å². The van der Waals surface area contributed by atoms with Gasteiger partial charge in [-0.2, -0.15) is 0 Å². The molecule has 0 aromatic carbocycles. The van der Waals surface area contributed by atoms with Crippen LogP contribution in [0, 0.1) is 0 Å². The molecule has 0 radical (unpaired) electrons. The second-order valence-electron chi connectivity index (χ2n) is 4.77. The lowest BCUT2D eigenvalue weighted by molar-refractivity contribution is 0.170. The van der Waals surface area contributed by atoms with Gasteiger partial charge in [-0.25, -0.2) is 0 Å². The molecule has 0 saturated heterocycles. The Morgan fingerprint density at radius 2 is 1.89 bits per heavy atom. The number of aliphatic hydroxyl groups is 2. The summed E-state index contributed by atoms with van der Waals surface area (Å²) in [6.07, 6.45) is 0.703. The standard InChI is InChI=1S/C12H24N4O2/c1-10(2)12-14-13-11(15(12)3)9-16(6-8-18)5-4-7-17/h10,17-18H,4-9H2,1-3H3. The van der Waals surface area contributed by atoms with Crippen LogP contribution in [0.4, 0.5) is 0 Å². The largest absolute Gasteiger partial charge is 0.396 e. The molecule has 6 heteroatoms. The first-order valence-electron chi connectivity index (χ1n) is 6.42. The average molecular weight is 256 g/mol. The molecule has 6 nitrogen and oxygen atoms in total. The highest BCUT2D eigenvalue weighted by Crippen LogP contribution is 2.12. The fourth-order valence-electron chi connectivity index (χ4n) is 1.92. The van der Waals surface area contributed by atoms with E-state index in [4.69, 9.17) is 10.2 Å². The van der Waals surface area contributed by atoms with Crippen molar-refractivity contribution in [3.63, 3.8) is 0 Å². The molecule has 0 aliphatic carbocycles. The first-order valence-corrected chi connectivity index (χ1v) is 6.42. The maximum atomic E-state index is 9.03. The summed E-state index contributed by atoms with van der Waals surface area (Å²) in [5, 5.41) is 26.3. The predicted molar refractivity (Wildman–Crippen MR) is 69.2 cm³/mol. The van der Waals surface area contributed by atoms with Gasteiger partial charge in [-0.05, 0) is 6.42 Å². The predicted octanol–water partition coefficient (Wildman–Crippen LogP) is 0.115. The van der Waals surface area contributed by atoms with Crippen LogP contribution < -0.4 is 0 Å². The maximum absolute atomic E-state index is 9.03. The molecule has 1 heterocycles. The fraction of sp³-hybridized carbons (Fsp3) is 0.833. The van der Waals surface area contributed by atoms with Crippen molar-refractivity contribution in [2.75, 3.05) is 26.3 Å². The van der Waals surface area contributed by atoms with Crippen molar-refractivity contribution >= 4 is 0 Å². The normalized spacial score (nSPS) is 11.7. The molecule has 18 heavy (non-hydrogen) atoms. The van der Waals surface area contributed by atoms with Gasteiger partial charge in [0.25, 0.3) is 0 Å². The van der Waals surface area contributed by atoms with Crippen LogP contribution in [0.15, 0.2) is 0 Å². The van der Waals surface area contributed by atoms with Gasteiger partial charge >= 0.3 is 0 Å². The molecule has 0 amide bonds. The first kappa shape index (κ1) is 15.1. The number of nitrogens with zero attached hydrogens (tertiary/aromatic N) is 4. The average Bonchev–Trinajstić information content (AvgIpc) is 2.68. The minimum absolute atomic E-state index is 0.111. The van der Waals surface area contributed by atoms with Crippen LogP contribution in [0.3, 0.4) is 0 Å². The summed E-state index contributed by atoms with van der Waals surface area (Å²) < 4.78 is 2.01. The van der Waals surface area contributed by atoms with Crippen molar-refractivity contribution in [3.8, 4) is 0 Å². The number of hydrogen-bond acceptors (Lipinski definition) is 5. The van der Waals surface area contributed by atoms with Crippen LogP contribution in [0.1, 0.15) is 37.8 Å². The van der Waals surface area contributed by atoms with E-state index >= 15 is 0 Å². The Morgan fingerprint density at radius 3 is 2.39 bits per heavy atom. The molecule has 0 saturated carbocycles. The molecule has 0 aliphatic heterocycles. The Bertz CT molecular complexity index is 352. The Morgan fingerprint density at radius 1 is 1.17 bits per heavy atom. The second kappa shape index (κ2) is 7.45. The van der Waals surface area contributed by atoms with E-state index in [1.165, 1.54) is 0 Å². The lowest BCUT2D eigenvalue weighted by atomic mass is 10.2. The molecule has 0 aliphatic rings. The third-order valence-electron chi connectivity index (χ3n) is 2.93. The first-order chi connectivity index (χ1) is 8.60. The summed E-state index contributed by atoms with van der Waals surface area (Å²) in [5.41, 5.74) is 0. The van der Waals surface area contributed by atoms with E-state index in [1.54, 1.807) is 0 Å². The molecule has 0 unspecified atom stereocenters. The van der Waals surface area contributed by atoms with Gasteiger partial charge in [0.1, 0.15) is 11.6 Å². The number of aromatic nitrogens is 3. The Balaban J connectivity index is 2.68. The van der Waals surface area contributed by atoms with Gasteiger partial charge in [0, 0.05) is 32.7 Å². The number of aliphatic hydroxyl groups excluding tert-OH is 2. The summed E-state index contributed by atoms with van der Waals surface area (Å²) in [5.74, 6) is 2.21. The number of rotatable bonds is 8. The van der Waals surface area contributed by atoms with E-state index in [0.717, 1.165) is 18.2 Å². The van der Waals surface area contributed by atoms with Crippen molar-refractivity contribution in [2.45, 2.75) is 32.7 Å². The minimum Gasteiger partial charge on any atom is -0.396 e. The van der Waals surface area contributed by atoms with Crippen molar-refractivity contribution in [2.24, 2.45) is 7.05 Å². The Labute approximate surface area is 108 Å². The summed E-state index contributed by atoms with van der Waals surface area (Å²) in [6, 6.07) is 0. The van der Waals surface area contributed by atoms with Gasteiger partial charge in [0.05, 0.1) is 13.2 Å². The number of hydrogen-bond donors (Lipinski definition) is 2. The third kappa shape index (κ3) is 4.04. The van der Waals surface area contributed by atoms with E-state index in [9.17, 15) is 0 Å². The van der Waals surface area contributed by atoms with Gasteiger partial charge in [0.2, 0.25) is 0 Å². The topological polar surface area (TPSA) is 74.4 Å². The monoisotopic (exact) mass is 256 g/mol. The molecule has 1 aromatic heterocycles. The lowest BCUT2D eigenvalue weighted by Gasteiger charge is -2.20. The van der Waals surface area contributed by atoms with E-state index in [1.807, 2.05) is 11.6 Å². The molecule has 0 fully saturated rings. The zero-order chi connectivity index (χ0) is 13.5. The van der Waals surface area contributed by atoms with Crippen molar-refractivity contribution in [1.82, 2.24) is 19.7 Å². The summed E-state index contributed by atoms with van der Waals surface area (Å²) >= 11 is 0. The Kier molecular flexibility index (Phi) is 6.24. The van der Waals surface area contributed by atoms with Crippen LogP contribution >= 0.6 is 0 Å². The van der Waals surface area contributed by atoms with Gasteiger partial charge in [-0.15, -0.1) is 10.2 Å². The molecule has 2 N–H and O–H groups in total. The highest BCUT2D eigenvalue weighted by molar-refractivity contribution is 4.99. The van der Waals surface area contributed by atoms with Crippen LogP contribution in [-0.4, -0.2) is 56.2 Å². The summed E-state index contributed by atoms with van der Waals surface area (Å²) in [7, 11) is 1.97. The molecule has 0 atom stereocenters. The molecular weight excluding hydrogens is 232 g/mol. The van der Waals surface area contributed by atoms with Gasteiger partial charge < -0.3 is 14.8 Å². The smallest absolute Gasteiger partial charge is 0.146 e. The van der Waals surface area contributed by atoms with E-state index in [2.05, 4.69) is 28.9 Å². The Hall–Kier alpha value is -0.980. The van der Waals surface area contributed by atoms with Gasteiger partial charge in [0.15, 0.2) is 0 Å². The molecule has 1 rings (SSSR count). The van der Waals surface area contributed by atoms with Crippen molar-refractivity contribution in [3.05, 3.63) is 11.6 Å². The zero-order valence-electron chi connectivity index (χ0n) is 11.5. The van der Waals surface area contributed by atoms with E-state index in [0.29, 0.717) is 25.4 Å². The van der Waals surface area contributed by atoms with Gasteiger partial charge in [-0.3, -0.25) is 4.90 Å². The van der Waals surface area contributed by atoms with Gasteiger partial charge in [-0.1, -0.05) is 13.8 Å². The van der Waals surface area contributed by atoms with Crippen molar-refractivity contribution in [1.29, 1.82) is 0 Å². The summed E-state index contributed by atoms with van der Waals surface area (Å²) in [4.78, 5) is 2.07. The SMILES string of the molecule is CC(C)c1nnc(CN(CCO)CCCO)n1C. The zero-order valence-corrected chi connectivity index (χ0v) is 11.5. The molecule has 1 aromatic rings. The van der Waals surface area contributed by atoms with Crippen LogP contribution in [0.25, 0.3) is 0 Å². The van der Waals surface area contributed by atoms with E-state index in [-0.39, 0.29) is 13.2 Å². The highest BCUT2D eigenvalue weighted by Gasteiger charge is 2.14. The summed E-state index contributed by atoms with van der Waals surface area (Å²) in [6.45, 7) is 6.44. The second-order valence-corrected chi connectivity index (χ2v) is 4.77. The van der Waals surface area contributed by atoms with Crippen molar-refractivity contribution < 1.29 is 10.2 Å². The molecule has 104 valence electrons. The van der Waals surface area contributed by atoms with Crippen LogP contribution in [0.5, 0.6) is 0 Å². The molecular formula is C12H24N4O2.